The lowest BCUT2D eigenvalue weighted by atomic mass is 9.96. The Balaban J connectivity index is 1.55. The first-order valence-electron chi connectivity index (χ1n) is 8.89. The number of nitrogens with one attached hydrogen (secondary N) is 1. The van der Waals surface area contributed by atoms with Gasteiger partial charge < -0.3 is 19.9 Å². The second-order valence-electron chi connectivity index (χ2n) is 6.29. The number of rotatable bonds is 4. The largest absolute Gasteiger partial charge is 0.450 e. The van der Waals surface area contributed by atoms with Crippen LogP contribution >= 0.6 is 0 Å². The molecule has 1 aliphatic carbocycles. The molecule has 1 saturated heterocycles. The van der Waals surface area contributed by atoms with Crippen LogP contribution in [0.5, 0.6) is 0 Å². The van der Waals surface area contributed by atoms with Gasteiger partial charge >= 0.3 is 6.09 Å². The van der Waals surface area contributed by atoms with Gasteiger partial charge in [0.2, 0.25) is 5.95 Å². The van der Waals surface area contributed by atoms with Gasteiger partial charge in [0.15, 0.2) is 5.82 Å². The van der Waals surface area contributed by atoms with E-state index in [1.165, 1.54) is 32.1 Å². The van der Waals surface area contributed by atoms with Crippen LogP contribution in [-0.2, 0) is 4.74 Å². The standard InChI is InChI=1S/C16H26N6O2/c1-2-24-16(23)22-10-8-21(9-11-22)15-19-14(12-17-20-15)18-13-6-4-3-5-7-13/h12-13H,2-11H2,1H3,(H,18,19,20). The van der Waals surface area contributed by atoms with Gasteiger partial charge in [-0.1, -0.05) is 19.3 Å². The number of hydrogen-bond donors (Lipinski definition) is 1. The Morgan fingerprint density at radius 2 is 2.00 bits per heavy atom. The zero-order chi connectivity index (χ0) is 16.8. The summed E-state index contributed by atoms with van der Waals surface area (Å²) in [5.74, 6) is 1.42. The zero-order valence-electron chi connectivity index (χ0n) is 14.3. The number of nitrogens with zero attached hydrogens (tertiary/aromatic N) is 5. The van der Waals surface area contributed by atoms with Gasteiger partial charge in [-0.2, -0.15) is 10.1 Å². The Morgan fingerprint density at radius 3 is 2.71 bits per heavy atom. The Bertz CT molecular complexity index is 541. The van der Waals surface area contributed by atoms with Crippen LogP contribution in [0.2, 0.25) is 0 Å². The molecule has 8 heteroatoms. The topological polar surface area (TPSA) is 83.5 Å². The summed E-state index contributed by atoms with van der Waals surface area (Å²) in [6.45, 7) is 4.82. The van der Waals surface area contributed by atoms with Gasteiger partial charge in [-0.25, -0.2) is 4.79 Å². The molecule has 3 rings (SSSR count). The summed E-state index contributed by atoms with van der Waals surface area (Å²) in [4.78, 5) is 20.1. The first-order chi connectivity index (χ1) is 11.8. The van der Waals surface area contributed by atoms with Crippen molar-refractivity contribution in [2.75, 3.05) is 43.0 Å². The molecule has 0 aromatic carbocycles. The summed E-state index contributed by atoms with van der Waals surface area (Å²) >= 11 is 0. The van der Waals surface area contributed by atoms with Gasteiger partial charge in [0.25, 0.3) is 0 Å². The van der Waals surface area contributed by atoms with E-state index in [2.05, 4.69) is 25.4 Å². The summed E-state index contributed by atoms with van der Waals surface area (Å²) in [7, 11) is 0. The highest BCUT2D eigenvalue weighted by molar-refractivity contribution is 5.68. The van der Waals surface area contributed by atoms with Crippen molar-refractivity contribution in [3.8, 4) is 0 Å². The van der Waals surface area contributed by atoms with Gasteiger partial charge in [-0.15, -0.1) is 5.10 Å². The fourth-order valence-electron chi connectivity index (χ4n) is 3.26. The minimum atomic E-state index is -0.246. The zero-order valence-corrected chi connectivity index (χ0v) is 14.3. The van der Waals surface area contributed by atoms with Crippen LogP contribution in [0.25, 0.3) is 0 Å². The molecule has 0 bridgehead atoms. The maximum absolute atomic E-state index is 11.7. The van der Waals surface area contributed by atoms with Gasteiger partial charge in [-0.3, -0.25) is 0 Å². The van der Waals surface area contributed by atoms with Crippen molar-refractivity contribution < 1.29 is 9.53 Å². The van der Waals surface area contributed by atoms with E-state index < -0.39 is 0 Å². The van der Waals surface area contributed by atoms with E-state index in [1.807, 2.05) is 6.92 Å². The average molecular weight is 334 g/mol. The highest BCUT2D eigenvalue weighted by Crippen LogP contribution is 2.21. The molecule has 2 fully saturated rings. The van der Waals surface area contributed by atoms with Crippen molar-refractivity contribution in [1.29, 1.82) is 0 Å². The van der Waals surface area contributed by atoms with Gasteiger partial charge in [-0.05, 0) is 19.8 Å². The van der Waals surface area contributed by atoms with Crippen LogP contribution in [0, 0.1) is 0 Å². The quantitative estimate of drug-likeness (QED) is 0.900. The molecular weight excluding hydrogens is 308 g/mol. The number of anilines is 2. The lowest BCUT2D eigenvalue weighted by molar-refractivity contribution is 0.105. The molecule has 1 aromatic heterocycles. The molecule has 1 saturated carbocycles. The van der Waals surface area contributed by atoms with Crippen molar-refractivity contribution >= 4 is 17.9 Å². The summed E-state index contributed by atoms with van der Waals surface area (Å²) < 4.78 is 5.04. The summed E-state index contributed by atoms with van der Waals surface area (Å²) in [5.41, 5.74) is 0. The first kappa shape index (κ1) is 16.7. The number of carbonyl (C=O) groups excluding carboxylic acids is 1. The highest BCUT2D eigenvalue weighted by atomic mass is 16.6. The smallest absolute Gasteiger partial charge is 0.409 e. The maximum Gasteiger partial charge on any atom is 0.409 e. The number of ether oxygens (including phenoxy) is 1. The van der Waals surface area contributed by atoms with Gasteiger partial charge in [0.1, 0.15) is 0 Å². The number of amides is 1. The van der Waals surface area contributed by atoms with Crippen molar-refractivity contribution in [3.05, 3.63) is 6.20 Å². The van der Waals surface area contributed by atoms with E-state index in [0.29, 0.717) is 44.8 Å². The van der Waals surface area contributed by atoms with Crippen LogP contribution in [0.1, 0.15) is 39.0 Å². The summed E-state index contributed by atoms with van der Waals surface area (Å²) in [5, 5.41) is 11.7. The summed E-state index contributed by atoms with van der Waals surface area (Å²) in [6.07, 6.45) is 7.71. The second-order valence-corrected chi connectivity index (χ2v) is 6.29. The molecule has 0 unspecified atom stereocenters. The number of hydrogen-bond acceptors (Lipinski definition) is 7. The number of piperazine rings is 1. The molecule has 0 radical (unpaired) electrons. The van der Waals surface area contributed by atoms with Gasteiger partial charge in [0.05, 0.1) is 12.8 Å². The predicted octanol–water partition coefficient (Wildman–Crippen LogP) is 1.89. The Hall–Kier alpha value is -2.12. The molecular formula is C16H26N6O2. The van der Waals surface area contributed by atoms with Gasteiger partial charge in [0, 0.05) is 32.2 Å². The van der Waals surface area contributed by atoms with E-state index in [1.54, 1.807) is 11.1 Å². The van der Waals surface area contributed by atoms with Crippen LogP contribution in [-0.4, -0.2) is 65.0 Å². The van der Waals surface area contributed by atoms with E-state index in [0.717, 1.165) is 5.82 Å². The van der Waals surface area contributed by atoms with E-state index >= 15 is 0 Å². The molecule has 1 amide bonds. The third-order valence-corrected chi connectivity index (χ3v) is 4.59. The molecule has 132 valence electrons. The van der Waals surface area contributed by atoms with Crippen molar-refractivity contribution in [3.63, 3.8) is 0 Å². The van der Waals surface area contributed by atoms with E-state index in [-0.39, 0.29) is 6.09 Å². The highest BCUT2D eigenvalue weighted by Gasteiger charge is 2.24. The summed E-state index contributed by atoms with van der Waals surface area (Å²) in [6, 6.07) is 0.490. The molecule has 1 N–H and O–H groups in total. The third kappa shape index (κ3) is 4.24. The fraction of sp³-hybridized carbons (Fsp3) is 0.750. The van der Waals surface area contributed by atoms with Crippen LogP contribution < -0.4 is 10.2 Å². The maximum atomic E-state index is 11.7. The molecule has 24 heavy (non-hydrogen) atoms. The van der Waals surface area contributed by atoms with Crippen molar-refractivity contribution in [2.45, 2.75) is 45.1 Å². The average Bonchev–Trinajstić information content (AvgIpc) is 2.63. The SMILES string of the molecule is CCOC(=O)N1CCN(c2nncc(NC3CCCCC3)n2)CC1. The van der Waals surface area contributed by atoms with Crippen LogP contribution in [0.4, 0.5) is 16.6 Å². The number of aromatic nitrogens is 3. The third-order valence-electron chi connectivity index (χ3n) is 4.59. The van der Waals surface area contributed by atoms with Crippen LogP contribution in [0.15, 0.2) is 6.20 Å². The lowest BCUT2D eigenvalue weighted by Gasteiger charge is -2.33. The molecule has 2 heterocycles. The molecule has 0 atom stereocenters. The minimum Gasteiger partial charge on any atom is -0.450 e. The Labute approximate surface area is 142 Å². The normalized spacial score (nSPS) is 19.2. The fourth-order valence-corrected chi connectivity index (χ4v) is 3.26. The molecule has 1 aromatic rings. The Morgan fingerprint density at radius 1 is 1.25 bits per heavy atom. The lowest BCUT2D eigenvalue weighted by Crippen LogP contribution is -2.49. The van der Waals surface area contributed by atoms with E-state index in [4.69, 9.17) is 4.74 Å². The monoisotopic (exact) mass is 334 g/mol. The van der Waals surface area contributed by atoms with E-state index in [9.17, 15) is 4.79 Å². The number of carbonyl (C=O) groups is 1. The predicted molar refractivity (Wildman–Crippen MR) is 91.1 cm³/mol. The molecule has 8 nitrogen and oxygen atoms in total. The van der Waals surface area contributed by atoms with Crippen molar-refractivity contribution in [1.82, 2.24) is 20.1 Å². The minimum absolute atomic E-state index is 0.246. The first-order valence-corrected chi connectivity index (χ1v) is 8.89. The molecule has 0 spiro atoms. The second kappa shape index (κ2) is 8.12. The molecule has 1 aliphatic heterocycles. The van der Waals surface area contributed by atoms with Crippen LogP contribution in [0.3, 0.4) is 0 Å². The molecule has 2 aliphatic rings. The van der Waals surface area contributed by atoms with Crippen molar-refractivity contribution in [2.24, 2.45) is 0 Å². The Kier molecular flexibility index (Phi) is 5.66.